The number of halogens is 1. The highest BCUT2D eigenvalue weighted by Gasteiger charge is 2.32. The van der Waals surface area contributed by atoms with Gasteiger partial charge in [-0.05, 0) is 12.0 Å². The normalized spacial score (nSPS) is 22.6. The number of ether oxygens (including phenoxy) is 1. The molecule has 100 valence electrons. The van der Waals surface area contributed by atoms with E-state index in [0.717, 1.165) is 5.56 Å². The Morgan fingerprint density at radius 3 is 2.84 bits per heavy atom. The smallest absolute Gasteiger partial charge is 0.410 e. The maximum absolute atomic E-state index is 13.6. The van der Waals surface area contributed by atoms with Crippen LogP contribution in [0.2, 0.25) is 0 Å². The zero-order valence-electron chi connectivity index (χ0n) is 10.5. The first-order chi connectivity index (χ1) is 9.20. The van der Waals surface area contributed by atoms with E-state index in [1.165, 1.54) is 4.90 Å². The lowest BCUT2D eigenvalue weighted by Crippen LogP contribution is -2.44. The number of carbonyl (C=O) groups excluding carboxylic acids is 1. The summed E-state index contributed by atoms with van der Waals surface area (Å²) in [6, 6.07) is 11.2. The minimum atomic E-state index is -1.29. The molecule has 1 saturated heterocycles. The van der Waals surface area contributed by atoms with Crippen LogP contribution in [0.15, 0.2) is 30.3 Å². The molecule has 1 aromatic carbocycles. The van der Waals surface area contributed by atoms with Crippen LogP contribution in [0.5, 0.6) is 0 Å². The lowest BCUT2D eigenvalue weighted by molar-refractivity contribution is 0.0617. The fraction of sp³-hybridized carbons (Fsp3) is 0.429. The average molecular weight is 262 g/mol. The van der Waals surface area contributed by atoms with E-state index in [4.69, 9.17) is 10.00 Å². The van der Waals surface area contributed by atoms with E-state index in [-0.39, 0.29) is 13.2 Å². The van der Waals surface area contributed by atoms with E-state index < -0.39 is 18.2 Å². The van der Waals surface area contributed by atoms with Gasteiger partial charge in [0.15, 0.2) is 0 Å². The van der Waals surface area contributed by atoms with Crippen LogP contribution in [0.3, 0.4) is 0 Å². The molecule has 4 nitrogen and oxygen atoms in total. The third kappa shape index (κ3) is 3.44. The predicted molar refractivity (Wildman–Crippen MR) is 66.8 cm³/mol. The number of hydrogen-bond acceptors (Lipinski definition) is 3. The van der Waals surface area contributed by atoms with E-state index in [2.05, 4.69) is 0 Å². The van der Waals surface area contributed by atoms with Crippen molar-refractivity contribution < 1.29 is 13.9 Å². The first kappa shape index (κ1) is 13.3. The molecule has 1 aliphatic rings. The minimum absolute atomic E-state index is 0.0636. The van der Waals surface area contributed by atoms with Crippen LogP contribution in [0.1, 0.15) is 12.0 Å². The van der Waals surface area contributed by atoms with Gasteiger partial charge in [0.1, 0.15) is 12.8 Å². The minimum Gasteiger partial charge on any atom is -0.445 e. The van der Waals surface area contributed by atoms with Gasteiger partial charge in [0.2, 0.25) is 0 Å². The highest BCUT2D eigenvalue weighted by molar-refractivity contribution is 5.67. The number of carbonyl (C=O) groups is 1. The number of benzene rings is 1. The number of rotatable bonds is 2. The van der Waals surface area contributed by atoms with Gasteiger partial charge < -0.3 is 9.64 Å². The Hall–Kier alpha value is -2.09. The third-order valence-corrected chi connectivity index (χ3v) is 3.17. The van der Waals surface area contributed by atoms with E-state index in [1.54, 1.807) is 0 Å². The molecule has 19 heavy (non-hydrogen) atoms. The van der Waals surface area contributed by atoms with Crippen LogP contribution >= 0.6 is 0 Å². The Morgan fingerprint density at radius 1 is 1.47 bits per heavy atom. The molecule has 0 spiro atoms. The topological polar surface area (TPSA) is 53.3 Å². The number of nitrogens with zero attached hydrogens (tertiary/aromatic N) is 2. The van der Waals surface area contributed by atoms with Gasteiger partial charge in [0, 0.05) is 6.54 Å². The summed E-state index contributed by atoms with van der Waals surface area (Å²) in [5.74, 6) is -0.613. The summed E-state index contributed by atoms with van der Waals surface area (Å²) < 4.78 is 18.7. The van der Waals surface area contributed by atoms with Crippen molar-refractivity contribution in [2.75, 3.05) is 13.1 Å². The average Bonchev–Trinajstić information content (AvgIpc) is 2.45. The fourth-order valence-electron chi connectivity index (χ4n) is 2.03. The maximum atomic E-state index is 13.6. The lowest BCUT2D eigenvalue weighted by Gasteiger charge is -2.30. The van der Waals surface area contributed by atoms with Crippen molar-refractivity contribution in [1.82, 2.24) is 4.90 Å². The molecular weight excluding hydrogens is 247 g/mol. The summed E-state index contributed by atoms with van der Waals surface area (Å²) >= 11 is 0. The van der Waals surface area contributed by atoms with Gasteiger partial charge in [-0.15, -0.1) is 0 Å². The Balaban J connectivity index is 1.83. The molecule has 2 unspecified atom stereocenters. The van der Waals surface area contributed by atoms with Gasteiger partial charge in [-0.3, -0.25) is 0 Å². The second-order valence-electron chi connectivity index (χ2n) is 4.53. The van der Waals surface area contributed by atoms with Crippen LogP contribution in [0.25, 0.3) is 0 Å². The molecule has 0 bridgehead atoms. The summed E-state index contributed by atoms with van der Waals surface area (Å²) in [6.45, 7) is 0.479. The zero-order chi connectivity index (χ0) is 13.7. The van der Waals surface area contributed by atoms with Crippen molar-refractivity contribution in [2.24, 2.45) is 5.92 Å². The first-order valence-corrected chi connectivity index (χ1v) is 6.20. The van der Waals surface area contributed by atoms with Crippen LogP contribution in [0.4, 0.5) is 9.18 Å². The van der Waals surface area contributed by atoms with Gasteiger partial charge in [-0.2, -0.15) is 5.26 Å². The predicted octanol–water partition coefficient (Wildman–Crippen LogP) is 2.51. The summed E-state index contributed by atoms with van der Waals surface area (Å²) in [4.78, 5) is 13.1. The van der Waals surface area contributed by atoms with Crippen molar-refractivity contribution in [3.05, 3.63) is 35.9 Å². The molecule has 1 aliphatic heterocycles. The second kappa shape index (κ2) is 6.19. The van der Waals surface area contributed by atoms with Crippen molar-refractivity contribution >= 4 is 6.09 Å². The van der Waals surface area contributed by atoms with Crippen molar-refractivity contribution in [3.8, 4) is 6.07 Å². The zero-order valence-corrected chi connectivity index (χ0v) is 10.5. The molecule has 1 fully saturated rings. The van der Waals surface area contributed by atoms with Crippen molar-refractivity contribution in [3.63, 3.8) is 0 Å². The van der Waals surface area contributed by atoms with Gasteiger partial charge in [0.05, 0.1) is 18.5 Å². The summed E-state index contributed by atoms with van der Waals surface area (Å²) in [5.41, 5.74) is 0.888. The van der Waals surface area contributed by atoms with Crippen LogP contribution < -0.4 is 0 Å². The van der Waals surface area contributed by atoms with Crippen LogP contribution in [-0.4, -0.2) is 30.3 Å². The molecule has 0 N–H and O–H groups in total. The molecule has 1 amide bonds. The van der Waals surface area contributed by atoms with E-state index in [9.17, 15) is 9.18 Å². The highest BCUT2D eigenvalue weighted by Crippen LogP contribution is 2.20. The van der Waals surface area contributed by atoms with E-state index >= 15 is 0 Å². The molecule has 5 heteroatoms. The molecule has 2 atom stereocenters. The fourth-order valence-corrected chi connectivity index (χ4v) is 2.03. The third-order valence-electron chi connectivity index (χ3n) is 3.17. The monoisotopic (exact) mass is 262 g/mol. The molecule has 1 heterocycles. The summed E-state index contributed by atoms with van der Waals surface area (Å²) in [7, 11) is 0. The Labute approximate surface area is 111 Å². The second-order valence-corrected chi connectivity index (χ2v) is 4.53. The van der Waals surface area contributed by atoms with E-state index in [0.29, 0.717) is 13.0 Å². The number of hydrogen-bond donors (Lipinski definition) is 0. The van der Waals surface area contributed by atoms with Gasteiger partial charge >= 0.3 is 6.09 Å². The quantitative estimate of drug-likeness (QED) is 0.822. The molecule has 0 radical (unpaired) electrons. The highest BCUT2D eigenvalue weighted by atomic mass is 19.1. The van der Waals surface area contributed by atoms with Gasteiger partial charge in [-0.25, -0.2) is 9.18 Å². The van der Waals surface area contributed by atoms with Crippen molar-refractivity contribution in [1.29, 1.82) is 5.26 Å². The number of piperidine rings is 1. The lowest BCUT2D eigenvalue weighted by atomic mass is 9.97. The summed E-state index contributed by atoms with van der Waals surface area (Å²) in [5, 5.41) is 8.71. The largest absolute Gasteiger partial charge is 0.445 e. The molecule has 0 saturated carbocycles. The maximum Gasteiger partial charge on any atom is 0.410 e. The molecule has 0 aromatic heterocycles. The van der Waals surface area contributed by atoms with Crippen molar-refractivity contribution in [2.45, 2.75) is 19.2 Å². The van der Waals surface area contributed by atoms with Gasteiger partial charge in [-0.1, -0.05) is 30.3 Å². The van der Waals surface area contributed by atoms with E-state index in [1.807, 2.05) is 36.4 Å². The number of alkyl halides is 1. The van der Waals surface area contributed by atoms with Crippen LogP contribution in [-0.2, 0) is 11.3 Å². The SMILES string of the molecule is N#CC1CCN(C(=O)OCc2ccccc2)CC1F. The number of likely N-dealkylation sites (tertiary alicyclic amines) is 1. The number of nitriles is 1. The molecule has 2 rings (SSSR count). The van der Waals surface area contributed by atoms with Gasteiger partial charge in [0.25, 0.3) is 0 Å². The summed E-state index contributed by atoms with van der Waals surface area (Å²) in [6.07, 6.45) is -1.45. The Kier molecular flexibility index (Phi) is 4.35. The molecule has 1 aromatic rings. The molecule has 0 aliphatic carbocycles. The Morgan fingerprint density at radius 2 is 2.21 bits per heavy atom. The molecular formula is C14H15FN2O2. The first-order valence-electron chi connectivity index (χ1n) is 6.20. The Bertz CT molecular complexity index is 472. The standard InChI is InChI=1S/C14H15FN2O2/c15-13-9-17(7-6-12(13)8-16)14(18)19-10-11-4-2-1-3-5-11/h1-5,12-13H,6-7,9-10H2. The number of amides is 1. The van der Waals surface area contributed by atoms with Crippen LogP contribution in [0, 0.1) is 17.2 Å².